The summed E-state index contributed by atoms with van der Waals surface area (Å²) in [6.45, 7) is 5.22. The lowest BCUT2D eigenvalue weighted by atomic mass is 10.1. The zero-order chi connectivity index (χ0) is 11.2. The number of halogens is 1. The van der Waals surface area contributed by atoms with E-state index in [4.69, 9.17) is 4.74 Å². The van der Waals surface area contributed by atoms with Crippen molar-refractivity contribution < 1.29 is 4.74 Å². The van der Waals surface area contributed by atoms with Crippen LogP contribution in [0.4, 0.5) is 0 Å². The molecular formula is C13H18INO. The Labute approximate surface area is 111 Å². The van der Waals surface area contributed by atoms with Crippen molar-refractivity contribution in [3.63, 3.8) is 0 Å². The van der Waals surface area contributed by atoms with Gasteiger partial charge in [0.2, 0.25) is 0 Å². The molecule has 0 aromatic heterocycles. The van der Waals surface area contributed by atoms with Gasteiger partial charge in [0, 0.05) is 16.7 Å². The molecule has 0 N–H and O–H groups in total. The van der Waals surface area contributed by atoms with Gasteiger partial charge in [-0.2, -0.15) is 0 Å². The van der Waals surface area contributed by atoms with Crippen LogP contribution in [-0.2, 0) is 11.2 Å². The predicted molar refractivity (Wildman–Crippen MR) is 74.7 cm³/mol. The molecule has 0 radical (unpaired) electrons. The van der Waals surface area contributed by atoms with E-state index in [1.165, 1.54) is 28.5 Å². The van der Waals surface area contributed by atoms with E-state index in [1.54, 1.807) is 0 Å². The zero-order valence-electron chi connectivity index (χ0n) is 9.49. The van der Waals surface area contributed by atoms with Crippen LogP contribution in [0.1, 0.15) is 12.0 Å². The third-order valence-electron chi connectivity index (χ3n) is 2.93. The summed E-state index contributed by atoms with van der Waals surface area (Å²) in [5.41, 5.74) is 1.46. The molecule has 1 aliphatic rings. The largest absolute Gasteiger partial charge is 0.379 e. The van der Waals surface area contributed by atoms with Crippen LogP contribution < -0.4 is 0 Å². The summed E-state index contributed by atoms with van der Waals surface area (Å²) in [6.07, 6.45) is 2.44. The molecule has 1 fully saturated rings. The van der Waals surface area contributed by atoms with Crippen LogP contribution in [0.15, 0.2) is 24.3 Å². The number of morpholine rings is 1. The van der Waals surface area contributed by atoms with E-state index in [2.05, 4.69) is 51.8 Å². The first-order valence-corrected chi connectivity index (χ1v) is 6.97. The van der Waals surface area contributed by atoms with Crippen LogP contribution in [0, 0.1) is 3.57 Å². The van der Waals surface area contributed by atoms with Crippen molar-refractivity contribution >= 4 is 22.6 Å². The van der Waals surface area contributed by atoms with E-state index in [-0.39, 0.29) is 0 Å². The summed E-state index contributed by atoms with van der Waals surface area (Å²) in [4.78, 5) is 2.50. The number of nitrogens with zero attached hydrogens (tertiary/aromatic N) is 1. The average Bonchev–Trinajstić information content (AvgIpc) is 2.30. The van der Waals surface area contributed by atoms with Crippen LogP contribution in [-0.4, -0.2) is 37.7 Å². The Morgan fingerprint density at radius 1 is 1.25 bits per heavy atom. The standard InChI is InChI=1S/C13H18INO/c14-13-5-1-3-12(11-13)4-2-6-15-7-9-16-10-8-15/h1,3,5,11H,2,4,6-10H2. The summed E-state index contributed by atoms with van der Waals surface area (Å²) in [6, 6.07) is 8.79. The van der Waals surface area contributed by atoms with Crippen LogP contribution in [0.5, 0.6) is 0 Å². The monoisotopic (exact) mass is 331 g/mol. The molecule has 1 aromatic rings. The summed E-state index contributed by atoms with van der Waals surface area (Å²) in [5, 5.41) is 0. The van der Waals surface area contributed by atoms with Crippen molar-refractivity contribution in [3.8, 4) is 0 Å². The molecular weight excluding hydrogens is 313 g/mol. The van der Waals surface area contributed by atoms with Crippen molar-refractivity contribution in [1.29, 1.82) is 0 Å². The fourth-order valence-electron chi connectivity index (χ4n) is 2.02. The second-order valence-electron chi connectivity index (χ2n) is 4.19. The first kappa shape index (κ1) is 12.3. The van der Waals surface area contributed by atoms with Gasteiger partial charge in [-0.3, -0.25) is 4.90 Å². The summed E-state index contributed by atoms with van der Waals surface area (Å²) < 4.78 is 6.67. The lowest BCUT2D eigenvalue weighted by Crippen LogP contribution is -2.36. The molecule has 1 aliphatic heterocycles. The van der Waals surface area contributed by atoms with E-state index in [9.17, 15) is 0 Å². The van der Waals surface area contributed by atoms with Crippen LogP contribution in [0.3, 0.4) is 0 Å². The average molecular weight is 331 g/mol. The normalized spacial score (nSPS) is 17.6. The molecule has 0 bridgehead atoms. The van der Waals surface area contributed by atoms with E-state index in [0.717, 1.165) is 26.3 Å². The second kappa shape index (κ2) is 6.57. The molecule has 2 nitrogen and oxygen atoms in total. The highest BCUT2D eigenvalue weighted by Crippen LogP contribution is 2.10. The molecule has 0 saturated carbocycles. The number of rotatable bonds is 4. The van der Waals surface area contributed by atoms with Crippen molar-refractivity contribution in [2.75, 3.05) is 32.8 Å². The van der Waals surface area contributed by atoms with Crippen molar-refractivity contribution in [2.45, 2.75) is 12.8 Å². The minimum atomic E-state index is 0.906. The Morgan fingerprint density at radius 3 is 2.81 bits per heavy atom. The number of hydrogen-bond acceptors (Lipinski definition) is 2. The van der Waals surface area contributed by atoms with Gasteiger partial charge >= 0.3 is 0 Å². The SMILES string of the molecule is Ic1cccc(CCCN2CCOCC2)c1. The fraction of sp³-hybridized carbons (Fsp3) is 0.538. The third kappa shape index (κ3) is 4.03. The molecule has 2 rings (SSSR count). The maximum absolute atomic E-state index is 5.34. The van der Waals surface area contributed by atoms with E-state index in [1.807, 2.05) is 0 Å². The minimum Gasteiger partial charge on any atom is -0.379 e. The molecule has 0 atom stereocenters. The van der Waals surface area contributed by atoms with Gasteiger partial charge in [-0.05, 0) is 59.7 Å². The van der Waals surface area contributed by atoms with Gasteiger partial charge in [-0.1, -0.05) is 12.1 Å². The lowest BCUT2D eigenvalue weighted by Gasteiger charge is -2.26. The Hall–Kier alpha value is -0.130. The summed E-state index contributed by atoms with van der Waals surface area (Å²) in [7, 11) is 0. The molecule has 1 aromatic carbocycles. The molecule has 0 amide bonds. The smallest absolute Gasteiger partial charge is 0.0594 e. The molecule has 1 heterocycles. The van der Waals surface area contributed by atoms with E-state index >= 15 is 0 Å². The number of aryl methyl sites for hydroxylation is 1. The highest BCUT2D eigenvalue weighted by molar-refractivity contribution is 14.1. The first-order valence-electron chi connectivity index (χ1n) is 5.89. The maximum atomic E-state index is 5.34. The Kier molecular flexibility index (Phi) is 5.06. The highest BCUT2D eigenvalue weighted by Gasteiger charge is 2.09. The van der Waals surface area contributed by atoms with Gasteiger partial charge in [0.15, 0.2) is 0 Å². The first-order chi connectivity index (χ1) is 7.84. The van der Waals surface area contributed by atoms with Gasteiger partial charge < -0.3 is 4.74 Å². The van der Waals surface area contributed by atoms with Gasteiger partial charge in [-0.25, -0.2) is 0 Å². The summed E-state index contributed by atoms with van der Waals surface area (Å²) >= 11 is 2.37. The van der Waals surface area contributed by atoms with Crippen LogP contribution in [0.2, 0.25) is 0 Å². The van der Waals surface area contributed by atoms with Crippen molar-refractivity contribution in [2.24, 2.45) is 0 Å². The van der Waals surface area contributed by atoms with Gasteiger partial charge in [-0.15, -0.1) is 0 Å². The maximum Gasteiger partial charge on any atom is 0.0594 e. The van der Waals surface area contributed by atoms with E-state index in [0.29, 0.717) is 0 Å². The lowest BCUT2D eigenvalue weighted by molar-refractivity contribution is 0.0375. The second-order valence-corrected chi connectivity index (χ2v) is 5.43. The molecule has 0 unspecified atom stereocenters. The van der Waals surface area contributed by atoms with Crippen LogP contribution >= 0.6 is 22.6 Å². The van der Waals surface area contributed by atoms with Gasteiger partial charge in [0.1, 0.15) is 0 Å². The number of hydrogen-bond donors (Lipinski definition) is 0. The fourth-order valence-corrected chi connectivity index (χ4v) is 2.63. The molecule has 3 heteroatoms. The Bertz CT molecular complexity index is 323. The molecule has 16 heavy (non-hydrogen) atoms. The van der Waals surface area contributed by atoms with Gasteiger partial charge in [0.25, 0.3) is 0 Å². The molecule has 1 saturated heterocycles. The third-order valence-corrected chi connectivity index (χ3v) is 3.60. The Balaban J connectivity index is 1.71. The van der Waals surface area contributed by atoms with Gasteiger partial charge in [0.05, 0.1) is 13.2 Å². The Morgan fingerprint density at radius 2 is 2.06 bits per heavy atom. The zero-order valence-corrected chi connectivity index (χ0v) is 11.7. The predicted octanol–water partition coefficient (Wildman–Crippen LogP) is 2.56. The number of ether oxygens (including phenoxy) is 1. The molecule has 0 aliphatic carbocycles. The quantitative estimate of drug-likeness (QED) is 0.787. The number of benzene rings is 1. The minimum absolute atomic E-state index is 0.906. The molecule has 0 spiro atoms. The summed E-state index contributed by atoms with van der Waals surface area (Å²) in [5.74, 6) is 0. The topological polar surface area (TPSA) is 12.5 Å². The molecule has 88 valence electrons. The van der Waals surface area contributed by atoms with Crippen molar-refractivity contribution in [1.82, 2.24) is 4.90 Å². The van der Waals surface area contributed by atoms with E-state index < -0.39 is 0 Å². The van der Waals surface area contributed by atoms with Crippen LogP contribution in [0.25, 0.3) is 0 Å². The van der Waals surface area contributed by atoms with Crippen molar-refractivity contribution in [3.05, 3.63) is 33.4 Å². The highest BCUT2D eigenvalue weighted by atomic mass is 127.